The molecule has 1 aliphatic heterocycles. The molecule has 6 nitrogen and oxygen atoms in total. The van der Waals surface area contributed by atoms with Crippen LogP contribution in [0.1, 0.15) is 11.1 Å². The van der Waals surface area contributed by atoms with Crippen LogP contribution >= 0.6 is 15.9 Å². The molecule has 0 bridgehead atoms. The Morgan fingerprint density at radius 3 is 2.58 bits per heavy atom. The minimum Gasteiger partial charge on any atom is -0.496 e. The Bertz CT molecular complexity index is 984. The lowest BCUT2D eigenvalue weighted by atomic mass is 10.0. The number of carbonyl (C=O) groups excluding carboxylic acids is 1. The van der Waals surface area contributed by atoms with Crippen molar-refractivity contribution in [3.8, 4) is 5.75 Å². The van der Waals surface area contributed by atoms with E-state index in [-0.39, 0.29) is 10.8 Å². The summed E-state index contributed by atoms with van der Waals surface area (Å²) in [5.41, 5.74) is 2.18. The van der Waals surface area contributed by atoms with Crippen LogP contribution in [0.2, 0.25) is 0 Å². The zero-order chi connectivity index (χ0) is 17.5. The van der Waals surface area contributed by atoms with E-state index in [0.29, 0.717) is 22.6 Å². The van der Waals surface area contributed by atoms with Gasteiger partial charge in [0.05, 0.1) is 16.5 Å². The smallest absolute Gasteiger partial charge is 0.256 e. The lowest BCUT2D eigenvalue weighted by Gasteiger charge is -2.05. The van der Waals surface area contributed by atoms with E-state index in [1.54, 1.807) is 31.4 Å². The maximum Gasteiger partial charge on any atom is 0.256 e. The molecule has 0 saturated heterocycles. The SMILES string of the molecule is COc1ccc(/C=C2\C(=O)Nc3ccc(S(N)(=O)=O)cc32)cc1Br. The molecule has 1 amide bonds. The van der Waals surface area contributed by atoms with E-state index in [1.807, 2.05) is 0 Å². The number of rotatable bonds is 3. The number of amides is 1. The van der Waals surface area contributed by atoms with E-state index in [2.05, 4.69) is 21.2 Å². The molecule has 0 unspecified atom stereocenters. The van der Waals surface area contributed by atoms with Crippen LogP contribution in [0.15, 0.2) is 45.8 Å². The van der Waals surface area contributed by atoms with Gasteiger partial charge in [0.15, 0.2) is 0 Å². The van der Waals surface area contributed by atoms with Crippen molar-refractivity contribution in [2.45, 2.75) is 4.90 Å². The number of hydrogen-bond donors (Lipinski definition) is 2. The van der Waals surface area contributed by atoms with E-state index < -0.39 is 10.0 Å². The molecule has 1 heterocycles. The van der Waals surface area contributed by atoms with Gasteiger partial charge in [-0.05, 0) is 57.9 Å². The van der Waals surface area contributed by atoms with Crippen LogP contribution in [0.3, 0.4) is 0 Å². The van der Waals surface area contributed by atoms with E-state index in [4.69, 9.17) is 9.88 Å². The molecule has 2 aromatic rings. The zero-order valence-corrected chi connectivity index (χ0v) is 14.9. The molecule has 24 heavy (non-hydrogen) atoms. The fourth-order valence-corrected chi connectivity index (χ4v) is 3.52. The standard InChI is InChI=1S/C16H13BrN2O4S/c1-23-15-5-2-9(7-13(15)17)6-12-11-8-10(24(18,21)22)3-4-14(11)19-16(12)20/h2-8H,1H3,(H,19,20)(H2,18,21,22)/b12-6-. The molecule has 0 aliphatic carbocycles. The van der Waals surface area contributed by atoms with Crippen molar-refractivity contribution >= 4 is 49.2 Å². The fourth-order valence-electron chi connectivity index (χ4n) is 2.43. The van der Waals surface area contributed by atoms with Crippen molar-refractivity contribution in [3.05, 3.63) is 52.0 Å². The number of anilines is 1. The molecule has 0 atom stereocenters. The van der Waals surface area contributed by atoms with Crippen LogP contribution in [0, 0.1) is 0 Å². The third kappa shape index (κ3) is 3.08. The minimum absolute atomic E-state index is 0.0421. The molecule has 0 fully saturated rings. The van der Waals surface area contributed by atoms with Gasteiger partial charge in [0, 0.05) is 16.8 Å². The lowest BCUT2D eigenvalue weighted by molar-refractivity contribution is -0.110. The van der Waals surface area contributed by atoms with Gasteiger partial charge in [-0.1, -0.05) is 6.07 Å². The van der Waals surface area contributed by atoms with Crippen LogP contribution < -0.4 is 15.2 Å². The Morgan fingerprint density at radius 1 is 1.21 bits per heavy atom. The van der Waals surface area contributed by atoms with Gasteiger partial charge in [0.1, 0.15) is 5.75 Å². The molecular formula is C16H13BrN2O4S. The molecule has 0 spiro atoms. The summed E-state index contributed by atoms with van der Waals surface area (Å²) in [6, 6.07) is 9.66. The minimum atomic E-state index is -3.84. The largest absolute Gasteiger partial charge is 0.496 e. The van der Waals surface area contributed by atoms with Gasteiger partial charge in [0.25, 0.3) is 5.91 Å². The van der Waals surface area contributed by atoms with Crippen molar-refractivity contribution in [1.29, 1.82) is 0 Å². The van der Waals surface area contributed by atoms with Crippen molar-refractivity contribution in [2.75, 3.05) is 12.4 Å². The average molecular weight is 409 g/mol. The molecule has 2 aromatic carbocycles. The molecule has 8 heteroatoms. The van der Waals surface area contributed by atoms with Gasteiger partial charge >= 0.3 is 0 Å². The second kappa shape index (κ2) is 6.04. The predicted molar refractivity (Wildman–Crippen MR) is 95.0 cm³/mol. The number of benzene rings is 2. The second-order valence-corrected chi connectivity index (χ2v) is 7.57. The summed E-state index contributed by atoms with van der Waals surface area (Å²) in [6.45, 7) is 0. The molecular weight excluding hydrogens is 396 g/mol. The lowest BCUT2D eigenvalue weighted by Crippen LogP contribution is -2.12. The number of nitrogens with one attached hydrogen (secondary N) is 1. The van der Waals surface area contributed by atoms with Gasteiger partial charge in [-0.2, -0.15) is 0 Å². The second-order valence-electron chi connectivity index (χ2n) is 5.16. The summed E-state index contributed by atoms with van der Waals surface area (Å²) >= 11 is 3.39. The Hall–Kier alpha value is -2.16. The van der Waals surface area contributed by atoms with Crippen molar-refractivity contribution in [2.24, 2.45) is 5.14 Å². The first-order valence-corrected chi connectivity index (χ1v) is 9.17. The first kappa shape index (κ1) is 16.7. The van der Waals surface area contributed by atoms with Gasteiger partial charge in [-0.3, -0.25) is 4.79 Å². The molecule has 0 aromatic heterocycles. The number of carbonyl (C=O) groups is 1. The van der Waals surface area contributed by atoms with Gasteiger partial charge < -0.3 is 10.1 Å². The highest BCUT2D eigenvalue weighted by Crippen LogP contribution is 2.35. The van der Waals surface area contributed by atoms with Gasteiger partial charge in [-0.15, -0.1) is 0 Å². The van der Waals surface area contributed by atoms with Gasteiger partial charge in [-0.25, -0.2) is 13.6 Å². The van der Waals surface area contributed by atoms with E-state index in [1.165, 1.54) is 18.2 Å². The highest BCUT2D eigenvalue weighted by atomic mass is 79.9. The van der Waals surface area contributed by atoms with Crippen LogP contribution in [0.25, 0.3) is 11.6 Å². The number of hydrogen-bond acceptors (Lipinski definition) is 4. The third-order valence-corrected chi connectivity index (χ3v) is 5.12. The van der Waals surface area contributed by atoms with Gasteiger partial charge in [0.2, 0.25) is 10.0 Å². The van der Waals surface area contributed by atoms with E-state index in [0.717, 1.165) is 10.0 Å². The highest BCUT2D eigenvalue weighted by molar-refractivity contribution is 9.10. The number of sulfonamides is 1. The number of ether oxygens (including phenoxy) is 1. The molecule has 124 valence electrons. The molecule has 0 radical (unpaired) electrons. The molecule has 3 rings (SSSR count). The zero-order valence-electron chi connectivity index (χ0n) is 12.5. The topological polar surface area (TPSA) is 98.5 Å². The number of nitrogens with two attached hydrogens (primary N) is 1. The van der Waals surface area contributed by atoms with Crippen LogP contribution in [0.4, 0.5) is 5.69 Å². The molecule has 3 N–H and O–H groups in total. The average Bonchev–Trinajstić information content (AvgIpc) is 2.82. The monoisotopic (exact) mass is 408 g/mol. The normalized spacial score (nSPS) is 15.3. The fraction of sp³-hybridized carbons (Fsp3) is 0.0625. The highest BCUT2D eigenvalue weighted by Gasteiger charge is 2.25. The number of primary sulfonamides is 1. The number of fused-ring (bicyclic) bond motifs is 1. The number of halogens is 1. The van der Waals surface area contributed by atoms with E-state index in [9.17, 15) is 13.2 Å². The molecule has 0 saturated carbocycles. The van der Waals surface area contributed by atoms with Crippen LogP contribution in [0.5, 0.6) is 5.75 Å². The Labute approximate surface area is 147 Å². The maximum atomic E-state index is 12.2. The van der Waals surface area contributed by atoms with E-state index >= 15 is 0 Å². The predicted octanol–water partition coefficient (Wildman–Crippen LogP) is 2.60. The van der Waals surface area contributed by atoms with Crippen molar-refractivity contribution < 1.29 is 17.9 Å². The summed E-state index contributed by atoms with van der Waals surface area (Å²) in [5, 5.41) is 7.87. The van der Waals surface area contributed by atoms with Crippen LogP contribution in [-0.4, -0.2) is 21.4 Å². The van der Waals surface area contributed by atoms with Crippen molar-refractivity contribution in [1.82, 2.24) is 0 Å². The number of methoxy groups -OCH3 is 1. The van der Waals surface area contributed by atoms with Crippen molar-refractivity contribution in [3.63, 3.8) is 0 Å². The summed E-state index contributed by atoms with van der Waals surface area (Å²) in [6.07, 6.45) is 1.68. The first-order valence-electron chi connectivity index (χ1n) is 6.83. The van der Waals surface area contributed by atoms with Crippen LogP contribution in [-0.2, 0) is 14.8 Å². The quantitative estimate of drug-likeness (QED) is 0.762. The third-order valence-electron chi connectivity index (χ3n) is 3.59. The Morgan fingerprint density at radius 2 is 1.96 bits per heavy atom. The summed E-state index contributed by atoms with van der Waals surface area (Å²) in [5.74, 6) is 0.369. The first-order chi connectivity index (χ1) is 11.3. The Balaban J connectivity index is 2.10. The summed E-state index contributed by atoms with van der Waals surface area (Å²) < 4.78 is 29.0. The Kier molecular flexibility index (Phi) is 4.20. The summed E-state index contributed by atoms with van der Waals surface area (Å²) in [4.78, 5) is 12.2. The maximum absolute atomic E-state index is 12.2. The molecule has 1 aliphatic rings. The summed E-state index contributed by atoms with van der Waals surface area (Å²) in [7, 11) is -2.28.